The van der Waals surface area contributed by atoms with Gasteiger partial charge in [-0.1, -0.05) is 29.8 Å². The molecule has 0 saturated heterocycles. The minimum atomic E-state index is -0.627. The van der Waals surface area contributed by atoms with Gasteiger partial charge >= 0.3 is 0 Å². The lowest BCUT2D eigenvalue weighted by Gasteiger charge is -2.11. The van der Waals surface area contributed by atoms with Crippen LogP contribution in [0.5, 0.6) is 5.75 Å². The molecular formula is C27H22ClN3O6. The molecule has 0 saturated carbocycles. The molecule has 0 bridgehead atoms. The van der Waals surface area contributed by atoms with Crippen LogP contribution in [0.25, 0.3) is 28.2 Å². The Kier molecular flexibility index (Phi) is 6.22. The number of nitrogens with zero attached hydrogens (tertiary/aromatic N) is 2. The number of furan rings is 1. The zero-order valence-electron chi connectivity index (χ0n) is 20.2. The van der Waals surface area contributed by atoms with Crippen molar-refractivity contribution < 1.29 is 18.4 Å². The van der Waals surface area contributed by atoms with E-state index in [0.717, 1.165) is 5.56 Å². The molecular weight excluding hydrogens is 498 g/mol. The van der Waals surface area contributed by atoms with Crippen LogP contribution < -0.4 is 21.0 Å². The highest BCUT2D eigenvalue weighted by Gasteiger charge is 2.23. The number of hydrogen-bond donors (Lipinski definition) is 1. The van der Waals surface area contributed by atoms with Crippen molar-refractivity contribution in [1.29, 1.82) is 0 Å². The van der Waals surface area contributed by atoms with Crippen LogP contribution in [-0.4, -0.2) is 21.9 Å². The van der Waals surface area contributed by atoms with Crippen LogP contribution in [-0.2, 0) is 11.8 Å². The predicted molar refractivity (Wildman–Crippen MR) is 140 cm³/mol. The Morgan fingerprint density at radius 2 is 1.84 bits per heavy atom. The van der Waals surface area contributed by atoms with Crippen molar-refractivity contribution in [2.75, 3.05) is 11.9 Å². The zero-order valence-corrected chi connectivity index (χ0v) is 21.0. The van der Waals surface area contributed by atoms with E-state index >= 15 is 0 Å². The van der Waals surface area contributed by atoms with Crippen LogP contribution in [0.4, 0.5) is 5.69 Å². The Bertz CT molecular complexity index is 1750. The molecule has 1 amide bonds. The number of para-hydroxylation sites is 1. The molecule has 0 radical (unpaired) electrons. The smallest absolute Gasteiger partial charge is 0.295 e. The standard InChI is InChI=1S/C27H22ClN3O6/c1-15-12-21-18(13-19(15)28)24(33)26(25(37-21)20-10-7-11-35-20)36-14-22(32)29-23-16(2)30(3)31(27(23)34)17-8-5-4-6-9-17/h4-13H,14H2,1-3H3,(H,29,32). The molecule has 0 aliphatic rings. The van der Waals surface area contributed by atoms with Gasteiger partial charge in [0.05, 0.1) is 23.0 Å². The SMILES string of the molecule is Cc1cc2oc(-c3ccco3)c(OCC(=O)Nc3c(C)n(C)n(-c4ccccc4)c3=O)c(=O)c2cc1Cl. The molecule has 5 rings (SSSR count). The molecule has 0 atom stereocenters. The van der Waals surface area contributed by atoms with E-state index in [9.17, 15) is 14.4 Å². The van der Waals surface area contributed by atoms with E-state index in [4.69, 9.17) is 25.2 Å². The molecule has 2 aromatic carbocycles. The number of benzene rings is 2. The van der Waals surface area contributed by atoms with Gasteiger partial charge in [-0.15, -0.1) is 0 Å². The molecule has 9 nitrogen and oxygen atoms in total. The Morgan fingerprint density at radius 3 is 2.54 bits per heavy atom. The highest BCUT2D eigenvalue weighted by Crippen LogP contribution is 2.33. The first-order valence-corrected chi connectivity index (χ1v) is 11.7. The predicted octanol–water partition coefficient (Wildman–Crippen LogP) is 4.83. The van der Waals surface area contributed by atoms with E-state index in [-0.39, 0.29) is 28.3 Å². The van der Waals surface area contributed by atoms with Crippen molar-refractivity contribution in [2.45, 2.75) is 13.8 Å². The number of amides is 1. The third-order valence-electron chi connectivity index (χ3n) is 6.04. The zero-order chi connectivity index (χ0) is 26.3. The average molecular weight is 520 g/mol. The summed E-state index contributed by atoms with van der Waals surface area (Å²) in [5.41, 5.74) is 1.44. The highest BCUT2D eigenvalue weighted by molar-refractivity contribution is 6.32. The van der Waals surface area contributed by atoms with Gasteiger partial charge in [-0.3, -0.25) is 19.1 Å². The lowest BCUT2D eigenvalue weighted by molar-refractivity contribution is -0.118. The minimum absolute atomic E-state index is 0.0411. The molecule has 3 heterocycles. The summed E-state index contributed by atoms with van der Waals surface area (Å²) < 4.78 is 20.1. The van der Waals surface area contributed by atoms with Gasteiger partial charge in [-0.2, -0.15) is 0 Å². The van der Waals surface area contributed by atoms with Gasteiger partial charge in [-0.05, 0) is 55.8 Å². The molecule has 0 aliphatic heterocycles. The normalized spacial score (nSPS) is 11.1. The maximum absolute atomic E-state index is 13.3. The molecule has 0 fully saturated rings. The molecule has 10 heteroatoms. The van der Waals surface area contributed by atoms with Crippen molar-refractivity contribution in [3.8, 4) is 23.0 Å². The van der Waals surface area contributed by atoms with Gasteiger partial charge in [0.25, 0.3) is 11.5 Å². The molecule has 0 unspecified atom stereocenters. The molecule has 5 aromatic rings. The van der Waals surface area contributed by atoms with Crippen molar-refractivity contribution in [3.63, 3.8) is 0 Å². The number of carbonyl (C=O) groups is 1. The summed E-state index contributed by atoms with van der Waals surface area (Å²) >= 11 is 6.22. The van der Waals surface area contributed by atoms with Gasteiger partial charge in [0, 0.05) is 12.1 Å². The second-order valence-corrected chi connectivity index (χ2v) is 8.84. The quantitative estimate of drug-likeness (QED) is 0.344. The molecule has 0 spiro atoms. The topological polar surface area (TPSA) is 109 Å². The molecule has 3 aromatic heterocycles. The Balaban J connectivity index is 1.46. The van der Waals surface area contributed by atoms with Gasteiger partial charge in [0.2, 0.25) is 16.9 Å². The first kappa shape index (κ1) is 24.2. The Labute approximate surface area is 215 Å². The number of rotatable bonds is 6. The fourth-order valence-electron chi connectivity index (χ4n) is 4.03. The average Bonchev–Trinajstić information content (AvgIpc) is 3.49. The second kappa shape index (κ2) is 9.51. The van der Waals surface area contributed by atoms with E-state index in [0.29, 0.717) is 22.0 Å². The third-order valence-corrected chi connectivity index (χ3v) is 6.45. The van der Waals surface area contributed by atoms with Crippen LogP contribution in [0.3, 0.4) is 0 Å². The van der Waals surface area contributed by atoms with Crippen LogP contribution in [0, 0.1) is 13.8 Å². The maximum Gasteiger partial charge on any atom is 0.295 e. The van der Waals surface area contributed by atoms with Crippen LogP contribution in [0.15, 0.2) is 79.3 Å². The first-order valence-electron chi connectivity index (χ1n) is 11.3. The van der Waals surface area contributed by atoms with E-state index in [1.165, 1.54) is 17.0 Å². The Hall–Kier alpha value is -4.50. The van der Waals surface area contributed by atoms with E-state index in [1.54, 1.807) is 55.9 Å². The second-order valence-electron chi connectivity index (χ2n) is 8.44. The maximum atomic E-state index is 13.3. The summed E-state index contributed by atoms with van der Waals surface area (Å²) in [6.07, 6.45) is 1.43. The van der Waals surface area contributed by atoms with Gasteiger partial charge in [-0.25, -0.2) is 4.68 Å². The van der Waals surface area contributed by atoms with E-state index in [1.807, 2.05) is 18.2 Å². The number of anilines is 1. The summed E-state index contributed by atoms with van der Waals surface area (Å²) in [4.78, 5) is 39.3. The summed E-state index contributed by atoms with van der Waals surface area (Å²) in [6.45, 7) is 2.96. The summed E-state index contributed by atoms with van der Waals surface area (Å²) in [6, 6.07) is 15.5. The summed E-state index contributed by atoms with van der Waals surface area (Å²) in [5.74, 6) is -0.534. The number of aryl methyl sites for hydroxylation is 1. The number of fused-ring (bicyclic) bond motifs is 1. The largest absolute Gasteiger partial charge is 0.476 e. The number of ether oxygens (including phenoxy) is 1. The van der Waals surface area contributed by atoms with Crippen LogP contribution >= 0.6 is 11.6 Å². The van der Waals surface area contributed by atoms with Crippen LogP contribution in [0.2, 0.25) is 5.02 Å². The molecule has 37 heavy (non-hydrogen) atoms. The lowest BCUT2D eigenvalue weighted by atomic mass is 10.1. The van der Waals surface area contributed by atoms with Gasteiger partial charge < -0.3 is 18.9 Å². The van der Waals surface area contributed by atoms with Crippen molar-refractivity contribution in [1.82, 2.24) is 9.36 Å². The lowest BCUT2D eigenvalue weighted by Crippen LogP contribution is -2.26. The number of halogens is 1. The number of hydrogen-bond acceptors (Lipinski definition) is 6. The molecule has 1 N–H and O–H groups in total. The first-order chi connectivity index (χ1) is 17.8. The van der Waals surface area contributed by atoms with Crippen molar-refractivity contribution >= 4 is 34.2 Å². The monoisotopic (exact) mass is 519 g/mol. The number of aromatic nitrogens is 2. The molecule has 188 valence electrons. The van der Waals surface area contributed by atoms with E-state index < -0.39 is 23.5 Å². The number of carbonyl (C=O) groups excluding carboxylic acids is 1. The third kappa shape index (κ3) is 4.34. The summed E-state index contributed by atoms with van der Waals surface area (Å²) in [7, 11) is 1.72. The van der Waals surface area contributed by atoms with E-state index in [2.05, 4.69) is 5.32 Å². The van der Waals surface area contributed by atoms with Gasteiger partial charge in [0.15, 0.2) is 12.4 Å². The summed E-state index contributed by atoms with van der Waals surface area (Å²) in [5, 5.41) is 3.20. The fourth-order valence-corrected chi connectivity index (χ4v) is 4.19. The highest BCUT2D eigenvalue weighted by atomic mass is 35.5. The Morgan fingerprint density at radius 1 is 1.08 bits per heavy atom. The fraction of sp³-hybridized carbons (Fsp3) is 0.148. The van der Waals surface area contributed by atoms with Crippen molar-refractivity contribution in [2.24, 2.45) is 7.05 Å². The number of nitrogens with one attached hydrogen (secondary N) is 1. The van der Waals surface area contributed by atoms with Crippen LogP contribution in [0.1, 0.15) is 11.3 Å². The minimum Gasteiger partial charge on any atom is -0.476 e. The van der Waals surface area contributed by atoms with Gasteiger partial charge in [0.1, 0.15) is 11.3 Å². The molecule has 0 aliphatic carbocycles. The van der Waals surface area contributed by atoms with Crippen molar-refractivity contribution in [3.05, 3.63) is 97.7 Å².